The van der Waals surface area contributed by atoms with Gasteiger partial charge in [0, 0.05) is 0 Å². The van der Waals surface area contributed by atoms with Gasteiger partial charge in [-0.3, -0.25) is 9.59 Å². The fourth-order valence-electron chi connectivity index (χ4n) is 3.21. The van der Waals surface area contributed by atoms with Gasteiger partial charge in [0.05, 0.1) is 12.5 Å². The van der Waals surface area contributed by atoms with E-state index in [1.165, 1.54) is 0 Å². The van der Waals surface area contributed by atoms with Crippen molar-refractivity contribution >= 4 is 11.9 Å². The van der Waals surface area contributed by atoms with Gasteiger partial charge in [0.15, 0.2) is 6.61 Å². The van der Waals surface area contributed by atoms with E-state index in [1.807, 2.05) is 97.9 Å². The first-order valence-corrected chi connectivity index (χ1v) is 9.73. The summed E-state index contributed by atoms with van der Waals surface area (Å²) in [6.07, 6.45) is 0.234. The van der Waals surface area contributed by atoms with Crippen LogP contribution in [0.25, 0.3) is 0 Å². The number of esters is 1. The molecular weight excluding hydrogens is 362 g/mol. The minimum atomic E-state index is -0.382. The van der Waals surface area contributed by atoms with Crippen LogP contribution in [0.1, 0.15) is 42.0 Å². The first-order valence-electron chi connectivity index (χ1n) is 9.73. The van der Waals surface area contributed by atoms with Crippen LogP contribution in [-0.4, -0.2) is 18.5 Å². The van der Waals surface area contributed by atoms with Crippen LogP contribution in [0.2, 0.25) is 0 Å². The second-order valence-electron chi connectivity index (χ2n) is 7.00. The molecule has 0 saturated carbocycles. The summed E-state index contributed by atoms with van der Waals surface area (Å²) in [6, 6.07) is 28.9. The predicted octanol–water partition coefficient (Wildman–Crippen LogP) is 4.63. The summed E-state index contributed by atoms with van der Waals surface area (Å²) >= 11 is 0. The van der Waals surface area contributed by atoms with Gasteiger partial charge in [-0.1, -0.05) is 97.9 Å². The average Bonchev–Trinajstić information content (AvgIpc) is 2.78. The minimum Gasteiger partial charge on any atom is -0.456 e. The van der Waals surface area contributed by atoms with Gasteiger partial charge < -0.3 is 10.1 Å². The SMILES string of the molecule is C[C@@H](CC(=O)OCC(=O)NC(c1ccccc1)c1ccccc1)c1ccccc1. The summed E-state index contributed by atoms with van der Waals surface area (Å²) in [5, 5.41) is 2.97. The maximum absolute atomic E-state index is 12.5. The maximum atomic E-state index is 12.5. The Morgan fingerprint density at radius 3 is 1.69 bits per heavy atom. The van der Waals surface area contributed by atoms with Gasteiger partial charge in [-0.05, 0) is 22.6 Å². The van der Waals surface area contributed by atoms with E-state index in [9.17, 15) is 9.59 Å². The summed E-state index contributed by atoms with van der Waals surface area (Å²) in [6.45, 7) is 1.67. The van der Waals surface area contributed by atoms with Crippen LogP contribution in [0.3, 0.4) is 0 Å². The van der Waals surface area contributed by atoms with Crippen molar-refractivity contribution in [3.05, 3.63) is 108 Å². The molecule has 0 heterocycles. The predicted molar refractivity (Wildman–Crippen MR) is 113 cm³/mol. The molecule has 148 valence electrons. The molecule has 3 aromatic rings. The Kier molecular flexibility index (Phi) is 7.17. The van der Waals surface area contributed by atoms with Crippen molar-refractivity contribution in [3.63, 3.8) is 0 Å². The van der Waals surface area contributed by atoms with Gasteiger partial charge in [-0.2, -0.15) is 0 Å². The third-order valence-corrected chi connectivity index (χ3v) is 4.78. The van der Waals surface area contributed by atoms with E-state index in [2.05, 4.69) is 5.32 Å². The molecule has 1 atom stereocenters. The summed E-state index contributed by atoms with van der Waals surface area (Å²) in [5.41, 5.74) is 3.01. The van der Waals surface area contributed by atoms with Crippen molar-refractivity contribution in [3.8, 4) is 0 Å². The van der Waals surface area contributed by atoms with Crippen LogP contribution in [-0.2, 0) is 14.3 Å². The van der Waals surface area contributed by atoms with E-state index >= 15 is 0 Å². The van der Waals surface area contributed by atoms with E-state index in [0.29, 0.717) is 0 Å². The number of carbonyl (C=O) groups excluding carboxylic acids is 2. The highest BCUT2D eigenvalue weighted by Crippen LogP contribution is 2.22. The van der Waals surface area contributed by atoms with Crippen LogP contribution in [0, 0.1) is 0 Å². The summed E-state index contributed by atoms with van der Waals surface area (Å²) in [7, 11) is 0. The molecule has 0 spiro atoms. The second-order valence-corrected chi connectivity index (χ2v) is 7.00. The topological polar surface area (TPSA) is 55.4 Å². The van der Waals surface area contributed by atoms with Crippen LogP contribution < -0.4 is 5.32 Å². The fourth-order valence-corrected chi connectivity index (χ4v) is 3.21. The van der Waals surface area contributed by atoms with Gasteiger partial charge in [0.1, 0.15) is 0 Å². The molecule has 3 aromatic carbocycles. The first-order chi connectivity index (χ1) is 14.1. The Morgan fingerprint density at radius 1 is 0.759 bits per heavy atom. The number of ether oxygens (including phenoxy) is 1. The Hall–Kier alpha value is -3.40. The molecular formula is C25H25NO3. The van der Waals surface area contributed by atoms with Crippen molar-refractivity contribution in [2.24, 2.45) is 0 Å². The molecule has 0 bridgehead atoms. The first kappa shape index (κ1) is 20.3. The highest BCUT2D eigenvalue weighted by Gasteiger charge is 2.18. The number of nitrogens with one attached hydrogen (secondary N) is 1. The van der Waals surface area contributed by atoms with Crippen LogP contribution in [0.4, 0.5) is 0 Å². The smallest absolute Gasteiger partial charge is 0.306 e. The molecule has 3 rings (SSSR count). The fraction of sp³-hybridized carbons (Fsp3) is 0.200. The van der Waals surface area contributed by atoms with E-state index in [4.69, 9.17) is 4.74 Å². The molecule has 29 heavy (non-hydrogen) atoms. The molecule has 0 aromatic heterocycles. The quantitative estimate of drug-likeness (QED) is 0.574. The van der Waals surface area contributed by atoms with E-state index in [0.717, 1.165) is 16.7 Å². The number of rotatable bonds is 8. The number of amides is 1. The van der Waals surface area contributed by atoms with Crippen molar-refractivity contribution in [2.45, 2.75) is 25.3 Å². The zero-order valence-electron chi connectivity index (χ0n) is 16.5. The molecule has 0 fully saturated rings. The highest BCUT2D eigenvalue weighted by atomic mass is 16.5. The van der Waals surface area contributed by atoms with Crippen molar-refractivity contribution in [1.82, 2.24) is 5.32 Å². The lowest BCUT2D eigenvalue weighted by Gasteiger charge is -2.20. The van der Waals surface area contributed by atoms with Crippen molar-refractivity contribution in [2.75, 3.05) is 6.61 Å². The largest absolute Gasteiger partial charge is 0.456 e. The van der Waals surface area contributed by atoms with Crippen LogP contribution in [0.15, 0.2) is 91.0 Å². The normalized spacial score (nSPS) is 11.7. The van der Waals surface area contributed by atoms with E-state index in [-0.39, 0.29) is 36.9 Å². The standard InChI is InChI=1S/C25H25NO3/c1-19(20-11-5-2-6-12-20)17-24(28)29-18-23(27)26-25(21-13-7-3-8-14-21)22-15-9-4-10-16-22/h2-16,19,25H,17-18H2,1H3,(H,26,27)/t19-/m0/s1. The van der Waals surface area contributed by atoms with Gasteiger partial charge in [-0.25, -0.2) is 0 Å². The van der Waals surface area contributed by atoms with Gasteiger partial charge >= 0.3 is 5.97 Å². The molecule has 0 aliphatic heterocycles. The van der Waals surface area contributed by atoms with Crippen molar-refractivity contribution < 1.29 is 14.3 Å². The Labute approximate surface area is 171 Å². The number of hydrogen-bond acceptors (Lipinski definition) is 3. The number of hydrogen-bond donors (Lipinski definition) is 1. The number of benzene rings is 3. The Bertz CT molecular complexity index is 871. The third kappa shape index (κ3) is 6.04. The van der Waals surface area contributed by atoms with Crippen LogP contribution in [0.5, 0.6) is 0 Å². The zero-order chi connectivity index (χ0) is 20.5. The molecule has 0 saturated heterocycles. The van der Waals surface area contributed by atoms with E-state index in [1.54, 1.807) is 0 Å². The van der Waals surface area contributed by atoms with E-state index < -0.39 is 0 Å². The minimum absolute atomic E-state index is 0.0353. The molecule has 4 nitrogen and oxygen atoms in total. The third-order valence-electron chi connectivity index (χ3n) is 4.78. The lowest BCUT2D eigenvalue weighted by atomic mass is 9.98. The zero-order valence-corrected chi connectivity index (χ0v) is 16.5. The van der Waals surface area contributed by atoms with Crippen LogP contribution >= 0.6 is 0 Å². The Morgan fingerprint density at radius 2 is 1.21 bits per heavy atom. The lowest BCUT2D eigenvalue weighted by Crippen LogP contribution is -2.33. The average molecular weight is 387 g/mol. The monoisotopic (exact) mass is 387 g/mol. The van der Waals surface area contributed by atoms with Gasteiger partial charge in [0.2, 0.25) is 0 Å². The van der Waals surface area contributed by atoms with Crippen molar-refractivity contribution in [1.29, 1.82) is 0 Å². The number of carbonyl (C=O) groups is 2. The summed E-state index contributed by atoms with van der Waals surface area (Å²) < 4.78 is 5.22. The summed E-state index contributed by atoms with van der Waals surface area (Å²) in [4.78, 5) is 24.6. The second kappa shape index (κ2) is 10.2. The molecule has 1 N–H and O–H groups in total. The van der Waals surface area contributed by atoms with Gasteiger partial charge in [-0.15, -0.1) is 0 Å². The summed E-state index contributed by atoms with van der Waals surface area (Å²) in [5.74, 6) is -0.677. The molecule has 0 unspecified atom stereocenters. The Balaban J connectivity index is 1.57. The molecule has 0 radical (unpaired) electrons. The molecule has 1 amide bonds. The lowest BCUT2D eigenvalue weighted by molar-refractivity contribution is -0.149. The highest BCUT2D eigenvalue weighted by molar-refractivity contribution is 5.81. The molecule has 0 aliphatic rings. The molecule has 4 heteroatoms. The maximum Gasteiger partial charge on any atom is 0.306 e. The van der Waals surface area contributed by atoms with Gasteiger partial charge in [0.25, 0.3) is 5.91 Å². The molecule has 0 aliphatic carbocycles.